The lowest BCUT2D eigenvalue weighted by molar-refractivity contribution is -0.0459. The average molecular weight is 291 g/mol. The molecule has 7 heteroatoms. The molecule has 2 rings (SSSR count). The van der Waals surface area contributed by atoms with E-state index >= 15 is 0 Å². The minimum absolute atomic E-state index is 0.0257. The Hall–Kier alpha value is -0.210. The minimum Gasteiger partial charge on any atom is -0.373 e. The molecular formula is C12H25N3O3S. The fraction of sp³-hybridized carbons (Fsp3) is 1.00. The van der Waals surface area contributed by atoms with Gasteiger partial charge in [-0.25, -0.2) is 0 Å². The molecule has 0 saturated carbocycles. The second-order valence-electron chi connectivity index (χ2n) is 5.83. The second kappa shape index (κ2) is 5.65. The summed E-state index contributed by atoms with van der Waals surface area (Å²) in [4.78, 5) is 0. The lowest BCUT2D eigenvalue weighted by atomic mass is 10.0. The van der Waals surface area contributed by atoms with Gasteiger partial charge in [-0.05, 0) is 33.6 Å². The lowest BCUT2D eigenvalue weighted by Gasteiger charge is -2.41. The monoisotopic (exact) mass is 291 g/mol. The van der Waals surface area contributed by atoms with Crippen molar-refractivity contribution in [2.75, 3.05) is 19.6 Å². The van der Waals surface area contributed by atoms with Gasteiger partial charge in [0, 0.05) is 31.7 Å². The van der Waals surface area contributed by atoms with Crippen molar-refractivity contribution in [1.29, 1.82) is 0 Å². The van der Waals surface area contributed by atoms with E-state index in [-0.39, 0.29) is 24.3 Å². The highest BCUT2D eigenvalue weighted by Gasteiger charge is 2.39. The van der Waals surface area contributed by atoms with Crippen LogP contribution in [-0.4, -0.2) is 61.0 Å². The van der Waals surface area contributed by atoms with E-state index in [9.17, 15) is 8.42 Å². The molecule has 0 radical (unpaired) electrons. The first kappa shape index (κ1) is 15.2. The van der Waals surface area contributed by atoms with Crippen molar-refractivity contribution in [3.8, 4) is 0 Å². The van der Waals surface area contributed by atoms with E-state index in [0.29, 0.717) is 19.6 Å². The molecule has 0 aromatic heterocycles. The van der Waals surface area contributed by atoms with Crippen molar-refractivity contribution in [3.63, 3.8) is 0 Å². The number of hydrogen-bond acceptors (Lipinski definition) is 4. The molecule has 0 bridgehead atoms. The predicted octanol–water partition coefficient (Wildman–Crippen LogP) is 0.152. The van der Waals surface area contributed by atoms with Crippen molar-refractivity contribution in [2.24, 2.45) is 5.73 Å². The molecular weight excluding hydrogens is 266 g/mol. The molecule has 2 aliphatic rings. The van der Waals surface area contributed by atoms with Gasteiger partial charge in [-0.1, -0.05) is 0 Å². The highest BCUT2D eigenvalue weighted by atomic mass is 32.2. The third-order valence-electron chi connectivity index (χ3n) is 3.86. The molecule has 0 aromatic rings. The van der Waals surface area contributed by atoms with Gasteiger partial charge < -0.3 is 10.5 Å². The zero-order chi connectivity index (χ0) is 14.2. The van der Waals surface area contributed by atoms with Crippen molar-refractivity contribution < 1.29 is 13.2 Å². The molecule has 112 valence electrons. The summed E-state index contributed by atoms with van der Waals surface area (Å²) in [6, 6.07) is 0.0891. The number of rotatable bonds is 2. The quantitative estimate of drug-likeness (QED) is 0.786. The van der Waals surface area contributed by atoms with E-state index in [1.807, 2.05) is 20.8 Å². The van der Waals surface area contributed by atoms with E-state index in [2.05, 4.69) is 0 Å². The molecule has 2 heterocycles. The van der Waals surface area contributed by atoms with Crippen LogP contribution in [0, 0.1) is 0 Å². The van der Waals surface area contributed by atoms with Crippen LogP contribution in [0.25, 0.3) is 0 Å². The fourth-order valence-corrected chi connectivity index (χ4v) is 4.97. The van der Waals surface area contributed by atoms with Gasteiger partial charge in [0.2, 0.25) is 0 Å². The Morgan fingerprint density at radius 1 is 1.16 bits per heavy atom. The van der Waals surface area contributed by atoms with E-state index < -0.39 is 10.2 Å². The van der Waals surface area contributed by atoms with Crippen LogP contribution < -0.4 is 5.73 Å². The summed E-state index contributed by atoms with van der Waals surface area (Å²) in [5.74, 6) is 0. The van der Waals surface area contributed by atoms with E-state index in [0.717, 1.165) is 12.8 Å². The van der Waals surface area contributed by atoms with Crippen LogP contribution in [0.2, 0.25) is 0 Å². The van der Waals surface area contributed by atoms with Crippen molar-refractivity contribution >= 4 is 10.2 Å². The van der Waals surface area contributed by atoms with E-state index in [1.165, 1.54) is 0 Å². The Balaban J connectivity index is 2.13. The van der Waals surface area contributed by atoms with Crippen LogP contribution in [0.1, 0.15) is 33.6 Å². The maximum atomic E-state index is 12.7. The maximum Gasteiger partial charge on any atom is 0.282 e. The van der Waals surface area contributed by atoms with Crippen LogP contribution in [0.3, 0.4) is 0 Å². The van der Waals surface area contributed by atoms with Gasteiger partial charge in [-0.15, -0.1) is 0 Å². The number of morpholine rings is 1. The summed E-state index contributed by atoms with van der Waals surface area (Å²) in [7, 11) is -3.39. The van der Waals surface area contributed by atoms with Gasteiger partial charge >= 0.3 is 0 Å². The summed E-state index contributed by atoms with van der Waals surface area (Å²) >= 11 is 0. The molecule has 4 atom stereocenters. The third-order valence-corrected chi connectivity index (χ3v) is 5.95. The number of nitrogens with zero attached hydrogens (tertiary/aromatic N) is 2. The third kappa shape index (κ3) is 3.28. The molecule has 0 amide bonds. The Labute approximate surface area is 116 Å². The zero-order valence-corrected chi connectivity index (χ0v) is 12.8. The van der Waals surface area contributed by atoms with Gasteiger partial charge in [-0.3, -0.25) is 0 Å². The van der Waals surface area contributed by atoms with Crippen LogP contribution in [-0.2, 0) is 14.9 Å². The minimum atomic E-state index is -3.39. The Kier molecular flexibility index (Phi) is 4.52. The number of nitrogens with two attached hydrogens (primary N) is 1. The van der Waals surface area contributed by atoms with Crippen molar-refractivity contribution in [2.45, 2.75) is 57.9 Å². The fourth-order valence-electron chi connectivity index (χ4n) is 3.00. The molecule has 2 aliphatic heterocycles. The number of ether oxygens (including phenoxy) is 1. The molecule has 0 aliphatic carbocycles. The molecule has 0 unspecified atom stereocenters. The number of hydrogen-bond donors (Lipinski definition) is 1. The van der Waals surface area contributed by atoms with Crippen LogP contribution in [0.15, 0.2) is 0 Å². The predicted molar refractivity (Wildman–Crippen MR) is 73.9 cm³/mol. The largest absolute Gasteiger partial charge is 0.373 e. The number of piperidine rings is 1. The van der Waals surface area contributed by atoms with Gasteiger partial charge in [0.25, 0.3) is 10.2 Å². The summed E-state index contributed by atoms with van der Waals surface area (Å²) in [6.45, 7) is 7.14. The summed E-state index contributed by atoms with van der Waals surface area (Å²) in [6.07, 6.45) is 1.36. The highest BCUT2D eigenvalue weighted by Crippen LogP contribution is 2.24. The van der Waals surface area contributed by atoms with Gasteiger partial charge in [0.1, 0.15) is 0 Å². The SMILES string of the molecule is C[C@@H]1CN(S(=O)(=O)N2CC[C@H](N)C[C@H]2C)C[C@H](C)O1. The molecule has 2 fully saturated rings. The molecule has 2 saturated heterocycles. The zero-order valence-electron chi connectivity index (χ0n) is 11.9. The summed E-state index contributed by atoms with van der Waals surface area (Å²) < 4.78 is 34.2. The molecule has 0 spiro atoms. The topological polar surface area (TPSA) is 75.9 Å². The average Bonchev–Trinajstić information content (AvgIpc) is 2.26. The summed E-state index contributed by atoms with van der Waals surface area (Å²) in [5.41, 5.74) is 5.90. The maximum absolute atomic E-state index is 12.7. The lowest BCUT2D eigenvalue weighted by Crippen LogP contribution is -2.57. The molecule has 19 heavy (non-hydrogen) atoms. The molecule has 0 aromatic carbocycles. The summed E-state index contributed by atoms with van der Waals surface area (Å²) in [5, 5.41) is 0. The van der Waals surface area contributed by atoms with Crippen LogP contribution in [0.4, 0.5) is 0 Å². The van der Waals surface area contributed by atoms with E-state index in [4.69, 9.17) is 10.5 Å². The van der Waals surface area contributed by atoms with Crippen LogP contribution >= 0.6 is 0 Å². The first-order valence-corrected chi connectivity index (χ1v) is 8.38. The Morgan fingerprint density at radius 2 is 1.74 bits per heavy atom. The molecule has 2 N–H and O–H groups in total. The van der Waals surface area contributed by atoms with Gasteiger partial charge in [-0.2, -0.15) is 17.0 Å². The smallest absolute Gasteiger partial charge is 0.282 e. The Morgan fingerprint density at radius 3 is 2.26 bits per heavy atom. The first-order valence-electron chi connectivity index (χ1n) is 6.98. The molecule has 6 nitrogen and oxygen atoms in total. The normalized spacial score (nSPS) is 39.4. The van der Waals surface area contributed by atoms with E-state index in [1.54, 1.807) is 8.61 Å². The standard InChI is InChI=1S/C12H25N3O3S/c1-9-6-12(13)4-5-15(9)19(16,17)14-7-10(2)18-11(3)8-14/h9-12H,4-8,13H2,1-3H3/t9-,10-,11+,12+/m1/s1. The highest BCUT2D eigenvalue weighted by molar-refractivity contribution is 7.86. The van der Waals surface area contributed by atoms with Crippen molar-refractivity contribution in [1.82, 2.24) is 8.61 Å². The van der Waals surface area contributed by atoms with Gasteiger partial charge in [0.05, 0.1) is 12.2 Å². The van der Waals surface area contributed by atoms with Gasteiger partial charge in [0.15, 0.2) is 0 Å². The van der Waals surface area contributed by atoms with Crippen molar-refractivity contribution in [3.05, 3.63) is 0 Å². The first-order chi connectivity index (χ1) is 8.80. The van der Waals surface area contributed by atoms with Crippen LogP contribution in [0.5, 0.6) is 0 Å². The second-order valence-corrected chi connectivity index (χ2v) is 7.71. The Bertz CT molecular complexity index is 404.